The van der Waals surface area contributed by atoms with Gasteiger partial charge in [0.25, 0.3) is 11.8 Å². The van der Waals surface area contributed by atoms with Crippen molar-refractivity contribution >= 4 is 28.8 Å². The lowest BCUT2D eigenvalue weighted by atomic mass is 10.0. The molecule has 42 heavy (non-hydrogen) atoms. The van der Waals surface area contributed by atoms with E-state index in [-0.39, 0.29) is 11.9 Å². The number of hydroxylamine groups is 1. The van der Waals surface area contributed by atoms with Gasteiger partial charge in [-0.15, -0.1) is 0 Å². The van der Waals surface area contributed by atoms with Crippen LogP contribution in [0.25, 0.3) is 17.0 Å². The summed E-state index contributed by atoms with van der Waals surface area (Å²) in [6, 6.07) is 14.9. The zero-order valence-electron chi connectivity index (χ0n) is 23.8. The third kappa shape index (κ3) is 5.74. The molecule has 0 saturated carbocycles. The van der Waals surface area contributed by atoms with Gasteiger partial charge in [-0.1, -0.05) is 36.4 Å². The molecular weight excluding hydrogens is 532 g/mol. The molecular formula is C32H36N6O4. The Morgan fingerprint density at radius 1 is 1.19 bits per heavy atom. The lowest BCUT2D eigenvalue weighted by Crippen LogP contribution is -2.41. The number of aryl methyl sites for hydroxylation is 2. The summed E-state index contributed by atoms with van der Waals surface area (Å²) in [4.78, 5) is 29.2. The molecule has 0 radical (unpaired) electrons. The van der Waals surface area contributed by atoms with Crippen LogP contribution in [0.1, 0.15) is 50.8 Å². The van der Waals surface area contributed by atoms with Crippen molar-refractivity contribution in [2.75, 3.05) is 32.8 Å². The van der Waals surface area contributed by atoms with Gasteiger partial charge in [0.2, 0.25) is 0 Å². The summed E-state index contributed by atoms with van der Waals surface area (Å²) >= 11 is 0. The van der Waals surface area contributed by atoms with Crippen LogP contribution in [0.3, 0.4) is 0 Å². The summed E-state index contributed by atoms with van der Waals surface area (Å²) in [5.74, 6) is -0.592. The summed E-state index contributed by atoms with van der Waals surface area (Å²) in [5, 5.41) is 17.3. The molecule has 2 aromatic carbocycles. The van der Waals surface area contributed by atoms with Crippen LogP contribution in [0.4, 0.5) is 0 Å². The molecule has 0 bridgehead atoms. The third-order valence-electron chi connectivity index (χ3n) is 8.44. The maximum atomic E-state index is 13.4. The number of nitrogens with one attached hydrogen (secondary N) is 2. The number of hydrogen-bond donors (Lipinski definition) is 3. The first-order valence-corrected chi connectivity index (χ1v) is 14.4. The third-order valence-corrected chi connectivity index (χ3v) is 8.44. The smallest absolute Gasteiger partial charge is 0.272 e. The zero-order chi connectivity index (χ0) is 29.1. The van der Waals surface area contributed by atoms with Crippen LogP contribution in [-0.2, 0) is 36.0 Å². The molecule has 10 nitrogen and oxygen atoms in total. The minimum Gasteiger partial charge on any atom is -0.378 e. The van der Waals surface area contributed by atoms with Crippen LogP contribution in [-0.4, -0.2) is 74.4 Å². The van der Waals surface area contributed by atoms with E-state index in [4.69, 9.17) is 9.94 Å². The van der Waals surface area contributed by atoms with Crippen molar-refractivity contribution in [2.24, 2.45) is 7.05 Å². The predicted octanol–water partition coefficient (Wildman–Crippen LogP) is 3.62. The Morgan fingerprint density at radius 2 is 2.02 bits per heavy atom. The Bertz CT molecular complexity index is 1620. The fourth-order valence-electron chi connectivity index (χ4n) is 6.30. The molecule has 6 rings (SSSR count). The van der Waals surface area contributed by atoms with Crippen molar-refractivity contribution in [1.29, 1.82) is 0 Å². The number of amides is 2. The van der Waals surface area contributed by atoms with E-state index in [2.05, 4.69) is 69.3 Å². The van der Waals surface area contributed by atoms with Gasteiger partial charge in [-0.25, -0.2) is 5.48 Å². The van der Waals surface area contributed by atoms with Gasteiger partial charge >= 0.3 is 0 Å². The summed E-state index contributed by atoms with van der Waals surface area (Å²) in [6.07, 6.45) is 9.77. The van der Waals surface area contributed by atoms with Crippen LogP contribution in [0.15, 0.2) is 60.9 Å². The number of morpholine rings is 1. The number of aromatic amines is 1. The zero-order valence-corrected chi connectivity index (χ0v) is 23.8. The van der Waals surface area contributed by atoms with Crippen LogP contribution < -0.4 is 5.48 Å². The monoisotopic (exact) mass is 568 g/mol. The number of carbonyl (C=O) groups excluding carboxylic acids is 2. The van der Waals surface area contributed by atoms with Gasteiger partial charge in [-0.3, -0.25) is 24.8 Å². The van der Waals surface area contributed by atoms with Crippen molar-refractivity contribution in [2.45, 2.75) is 31.8 Å². The number of hydrogen-bond acceptors (Lipinski definition) is 6. The van der Waals surface area contributed by atoms with Gasteiger partial charge in [-0.2, -0.15) is 5.10 Å². The minimum absolute atomic E-state index is 0.0324. The van der Waals surface area contributed by atoms with E-state index in [0.29, 0.717) is 38.5 Å². The van der Waals surface area contributed by atoms with Crippen molar-refractivity contribution in [3.63, 3.8) is 0 Å². The first-order valence-electron chi connectivity index (χ1n) is 14.4. The highest BCUT2D eigenvalue weighted by Crippen LogP contribution is 2.38. The Balaban J connectivity index is 1.28. The van der Waals surface area contributed by atoms with Crippen LogP contribution in [0, 0.1) is 0 Å². The molecule has 1 atom stereocenters. The normalized spacial score (nSPS) is 16.9. The SMILES string of the molecule is Cn1cc(CCN(Cc2cn[nH]c2C(=O)N2CCOCC2)C2CCc3cc(C=CC(=O)NO)ccc32)c2ccccc21. The first-order chi connectivity index (χ1) is 20.5. The van der Waals surface area contributed by atoms with E-state index in [0.717, 1.165) is 36.9 Å². The van der Waals surface area contributed by atoms with Gasteiger partial charge in [0.05, 0.1) is 19.4 Å². The number of aromatic nitrogens is 3. The molecule has 3 heterocycles. The molecule has 1 saturated heterocycles. The van der Waals surface area contributed by atoms with Gasteiger partial charge in [0.15, 0.2) is 0 Å². The van der Waals surface area contributed by atoms with E-state index in [1.165, 1.54) is 33.7 Å². The highest BCUT2D eigenvalue weighted by Gasteiger charge is 2.30. The highest BCUT2D eigenvalue weighted by molar-refractivity contribution is 5.93. The van der Waals surface area contributed by atoms with Crippen LogP contribution in [0.2, 0.25) is 0 Å². The molecule has 2 aliphatic rings. The van der Waals surface area contributed by atoms with Crippen LogP contribution in [0.5, 0.6) is 0 Å². The quantitative estimate of drug-likeness (QED) is 0.161. The Morgan fingerprint density at radius 3 is 2.86 bits per heavy atom. The largest absolute Gasteiger partial charge is 0.378 e. The average Bonchev–Trinajstić information content (AvgIpc) is 3.75. The topological polar surface area (TPSA) is 116 Å². The van der Waals surface area contributed by atoms with E-state index in [1.54, 1.807) is 17.8 Å². The fraction of sp³-hybridized carbons (Fsp3) is 0.344. The van der Waals surface area contributed by atoms with Gasteiger partial charge in [-0.05, 0) is 53.7 Å². The first kappa shape index (κ1) is 27.9. The molecule has 218 valence electrons. The summed E-state index contributed by atoms with van der Waals surface area (Å²) in [6.45, 7) is 3.66. The number of benzene rings is 2. The number of ether oxygens (including phenoxy) is 1. The second-order valence-electron chi connectivity index (χ2n) is 11.0. The molecule has 1 aliphatic carbocycles. The highest BCUT2D eigenvalue weighted by atomic mass is 16.5. The number of rotatable bonds is 9. The number of nitrogens with zero attached hydrogens (tertiary/aromatic N) is 4. The molecule has 0 spiro atoms. The second-order valence-corrected chi connectivity index (χ2v) is 11.0. The molecule has 1 aliphatic heterocycles. The van der Waals surface area contributed by atoms with E-state index in [1.807, 2.05) is 11.0 Å². The Labute approximate surface area is 244 Å². The molecule has 10 heteroatoms. The molecule has 4 aromatic rings. The number of H-pyrrole nitrogens is 1. The second kappa shape index (κ2) is 12.3. The van der Waals surface area contributed by atoms with Crippen molar-refractivity contribution in [3.05, 3.63) is 94.4 Å². The lowest BCUT2D eigenvalue weighted by Gasteiger charge is -2.30. The lowest BCUT2D eigenvalue weighted by molar-refractivity contribution is -0.124. The maximum Gasteiger partial charge on any atom is 0.272 e. The molecule has 2 aromatic heterocycles. The predicted molar refractivity (Wildman–Crippen MR) is 159 cm³/mol. The minimum atomic E-state index is -0.560. The molecule has 1 unspecified atom stereocenters. The van der Waals surface area contributed by atoms with Crippen molar-refractivity contribution in [1.82, 2.24) is 30.0 Å². The standard InChI is InChI=1S/C32H36N6O4/c1-36-20-24(26-4-2-3-5-28(26)36)12-13-38(21-25-19-33-34-31(25)32(40)37-14-16-42-17-15-37)29-10-8-23-18-22(6-9-27(23)29)7-11-30(39)35-41/h2-7,9,11,18-20,29,41H,8,10,12-17,21H2,1H3,(H,33,34)(H,35,39). The van der Waals surface area contributed by atoms with E-state index >= 15 is 0 Å². The van der Waals surface area contributed by atoms with Gasteiger partial charge < -0.3 is 14.2 Å². The van der Waals surface area contributed by atoms with E-state index < -0.39 is 5.91 Å². The Kier molecular flexibility index (Phi) is 8.18. The Hall–Kier alpha value is -4.25. The summed E-state index contributed by atoms with van der Waals surface area (Å²) in [5.41, 5.74) is 9.02. The van der Waals surface area contributed by atoms with Gasteiger partial charge in [0.1, 0.15) is 5.69 Å². The number of para-hydroxylation sites is 1. The van der Waals surface area contributed by atoms with Crippen molar-refractivity contribution in [3.8, 4) is 0 Å². The fourth-order valence-corrected chi connectivity index (χ4v) is 6.30. The van der Waals surface area contributed by atoms with Crippen molar-refractivity contribution < 1.29 is 19.5 Å². The van der Waals surface area contributed by atoms with Gasteiger partial charge in [0, 0.05) is 68.0 Å². The average molecular weight is 569 g/mol. The number of fused-ring (bicyclic) bond motifs is 2. The summed E-state index contributed by atoms with van der Waals surface area (Å²) in [7, 11) is 2.09. The summed E-state index contributed by atoms with van der Waals surface area (Å²) < 4.78 is 7.63. The molecule has 3 N–H and O–H groups in total. The van der Waals surface area contributed by atoms with Crippen LogP contribution >= 0.6 is 0 Å². The molecule has 1 fully saturated rings. The number of carbonyl (C=O) groups is 2. The molecule has 2 amide bonds. The van der Waals surface area contributed by atoms with E-state index in [9.17, 15) is 9.59 Å². The maximum absolute atomic E-state index is 13.4.